The first-order valence-electron chi connectivity index (χ1n) is 11.4. The maximum atomic E-state index is 11.2. The van der Waals surface area contributed by atoms with Gasteiger partial charge in [0.2, 0.25) is 6.41 Å². The Morgan fingerprint density at radius 1 is 1.26 bits per heavy atom. The number of aliphatic hydroxyl groups is 1. The number of hydrogen-bond acceptors (Lipinski definition) is 6. The third kappa shape index (κ3) is 5.57. The maximum Gasteiger partial charge on any atom is 0.207 e. The first-order valence-corrected chi connectivity index (χ1v) is 12.5. The maximum absolute atomic E-state index is 11.2. The Bertz CT molecular complexity index is 762. The molecule has 31 heavy (non-hydrogen) atoms. The van der Waals surface area contributed by atoms with Crippen LogP contribution in [0.5, 0.6) is 0 Å². The number of aliphatic hydroxyl groups excluding tert-OH is 1. The van der Waals surface area contributed by atoms with Crippen molar-refractivity contribution in [1.29, 1.82) is 0 Å². The lowest BCUT2D eigenvalue weighted by Crippen LogP contribution is -2.40. The van der Waals surface area contributed by atoms with Gasteiger partial charge in [0, 0.05) is 24.1 Å². The highest BCUT2D eigenvalue weighted by atomic mass is 32.2. The third-order valence-electron chi connectivity index (χ3n) is 7.64. The van der Waals surface area contributed by atoms with Crippen LogP contribution in [0, 0.1) is 10.8 Å². The van der Waals surface area contributed by atoms with Gasteiger partial charge < -0.3 is 21.5 Å². The highest BCUT2D eigenvalue weighted by molar-refractivity contribution is 7.97. The van der Waals surface area contributed by atoms with Gasteiger partial charge in [0.1, 0.15) is 0 Å². The minimum Gasteiger partial charge on any atom is -0.403 e. The van der Waals surface area contributed by atoms with Gasteiger partial charge in [-0.1, -0.05) is 49.6 Å². The molecule has 5 rings (SSSR count). The number of nitrogens with two attached hydrogens (primary N) is 2. The summed E-state index contributed by atoms with van der Waals surface area (Å²) in [6.07, 6.45) is 11.6. The van der Waals surface area contributed by atoms with Crippen LogP contribution >= 0.6 is 11.9 Å². The van der Waals surface area contributed by atoms with Crippen molar-refractivity contribution in [3.05, 3.63) is 41.6 Å². The van der Waals surface area contributed by atoms with E-state index in [4.69, 9.17) is 10.9 Å². The van der Waals surface area contributed by atoms with E-state index < -0.39 is 0 Å². The van der Waals surface area contributed by atoms with E-state index >= 15 is 0 Å². The molecule has 1 amide bonds. The van der Waals surface area contributed by atoms with Crippen LogP contribution in [0.1, 0.15) is 75.5 Å². The van der Waals surface area contributed by atoms with Crippen molar-refractivity contribution in [2.24, 2.45) is 21.7 Å². The van der Waals surface area contributed by atoms with Crippen LogP contribution in [-0.4, -0.2) is 29.9 Å². The summed E-state index contributed by atoms with van der Waals surface area (Å²) in [5.41, 5.74) is 9.93. The Morgan fingerprint density at radius 3 is 2.68 bits per heavy atom. The number of carbonyl (C=O) groups excluding carboxylic acids is 1. The largest absolute Gasteiger partial charge is 0.403 e. The van der Waals surface area contributed by atoms with Crippen molar-refractivity contribution in [3.63, 3.8) is 0 Å². The Hall–Kier alpha value is -1.70. The van der Waals surface area contributed by atoms with Crippen molar-refractivity contribution in [2.75, 3.05) is 12.3 Å². The minimum atomic E-state index is -0.233. The molecule has 1 aromatic rings. The SMILES string of the molecule is CC12CCCC(C(O)CC3N/C(=C\N)c4ccccc43)(CC1)CC2.NSCCNC=O. The summed E-state index contributed by atoms with van der Waals surface area (Å²) in [7, 11) is 0. The Balaban J connectivity index is 0.000000339. The highest BCUT2D eigenvalue weighted by Crippen LogP contribution is 2.56. The first-order chi connectivity index (χ1) is 15.0. The Kier molecular flexibility index (Phi) is 8.30. The molecule has 6 nitrogen and oxygen atoms in total. The molecule has 172 valence electrons. The lowest BCUT2D eigenvalue weighted by Gasteiger charge is -2.44. The first kappa shape index (κ1) is 24.0. The molecule has 2 unspecified atom stereocenters. The quantitative estimate of drug-likeness (QED) is 0.249. The van der Waals surface area contributed by atoms with Gasteiger partial charge in [-0.3, -0.25) is 9.93 Å². The number of amides is 1. The van der Waals surface area contributed by atoms with Crippen LogP contribution in [0.15, 0.2) is 30.5 Å². The molecule has 0 spiro atoms. The van der Waals surface area contributed by atoms with Gasteiger partial charge in [-0.05, 0) is 61.3 Å². The molecule has 7 N–H and O–H groups in total. The number of carbonyl (C=O) groups is 1. The highest BCUT2D eigenvalue weighted by Gasteiger charge is 2.47. The van der Waals surface area contributed by atoms with Gasteiger partial charge >= 0.3 is 0 Å². The van der Waals surface area contributed by atoms with E-state index in [1.165, 1.54) is 68.0 Å². The van der Waals surface area contributed by atoms with Gasteiger partial charge in [0.05, 0.1) is 17.8 Å². The summed E-state index contributed by atoms with van der Waals surface area (Å²) in [6.45, 7) is 3.10. The van der Waals surface area contributed by atoms with E-state index in [-0.39, 0.29) is 17.6 Å². The van der Waals surface area contributed by atoms with Crippen molar-refractivity contribution in [3.8, 4) is 0 Å². The van der Waals surface area contributed by atoms with Crippen molar-refractivity contribution in [2.45, 2.75) is 70.4 Å². The summed E-state index contributed by atoms with van der Waals surface area (Å²) in [5.74, 6) is 0.777. The second-order valence-corrected chi connectivity index (χ2v) is 10.3. The smallest absolute Gasteiger partial charge is 0.207 e. The minimum absolute atomic E-state index is 0.141. The standard InChI is InChI=1S/C21H30N2O.C3H8N2OS/c1-20-7-4-8-21(11-9-20,12-10-20)19(24)13-17-15-5-2-3-6-16(15)18(14-22)23-17;4-7-2-1-5-3-6/h2-3,5-6,14,17,19,23-24H,4,7-13,22H2,1H3;3H,1-2,4H2,(H,5,6)/b18-14-;. The van der Waals surface area contributed by atoms with Crippen molar-refractivity contribution >= 4 is 24.1 Å². The fourth-order valence-electron chi connectivity index (χ4n) is 5.58. The number of rotatable bonds is 7. The molecule has 1 heterocycles. The fraction of sp³-hybridized carbons (Fsp3) is 0.625. The lowest BCUT2D eigenvalue weighted by atomic mass is 9.63. The molecule has 2 bridgehead atoms. The summed E-state index contributed by atoms with van der Waals surface area (Å²) < 4.78 is 0. The van der Waals surface area contributed by atoms with Crippen LogP contribution in [0.4, 0.5) is 0 Å². The van der Waals surface area contributed by atoms with E-state index in [1.807, 2.05) is 0 Å². The van der Waals surface area contributed by atoms with Crippen LogP contribution in [0.25, 0.3) is 5.70 Å². The monoisotopic (exact) mass is 446 g/mol. The molecule has 2 atom stereocenters. The molecule has 3 saturated carbocycles. The average Bonchev–Trinajstić information content (AvgIpc) is 2.91. The zero-order valence-electron chi connectivity index (χ0n) is 18.6. The van der Waals surface area contributed by atoms with E-state index in [1.54, 1.807) is 6.20 Å². The topological polar surface area (TPSA) is 113 Å². The second-order valence-electron chi connectivity index (χ2n) is 9.59. The summed E-state index contributed by atoms with van der Waals surface area (Å²) in [6, 6.07) is 8.59. The van der Waals surface area contributed by atoms with Crippen molar-refractivity contribution < 1.29 is 9.90 Å². The van der Waals surface area contributed by atoms with Gasteiger partial charge in [0.15, 0.2) is 0 Å². The van der Waals surface area contributed by atoms with Crippen LogP contribution < -0.4 is 21.5 Å². The molecule has 4 aliphatic rings. The molecule has 0 aromatic heterocycles. The summed E-state index contributed by atoms with van der Waals surface area (Å²) >= 11 is 1.22. The van der Waals surface area contributed by atoms with Crippen molar-refractivity contribution in [1.82, 2.24) is 10.6 Å². The molecule has 7 heteroatoms. The van der Waals surface area contributed by atoms with E-state index in [0.29, 0.717) is 18.4 Å². The normalized spacial score (nSPS) is 31.1. The number of nitrogens with one attached hydrogen (secondary N) is 2. The second kappa shape index (κ2) is 10.7. The van der Waals surface area contributed by atoms with Crippen LogP contribution in [0.2, 0.25) is 0 Å². The zero-order chi connectivity index (χ0) is 22.3. The predicted molar refractivity (Wildman–Crippen MR) is 129 cm³/mol. The summed E-state index contributed by atoms with van der Waals surface area (Å²) in [4.78, 5) is 9.52. The number of fused-ring (bicyclic) bond motifs is 5. The van der Waals surface area contributed by atoms with Gasteiger partial charge in [0.25, 0.3) is 0 Å². The number of hydrogen-bond donors (Lipinski definition) is 5. The molecule has 3 aliphatic carbocycles. The molecular weight excluding hydrogens is 408 g/mol. The van der Waals surface area contributed by atoms with Crippen LogP contribution in [0.3, 0.4) is 0 Å². The fourth-order valence-corrected chi connectivity index (χ4v) is 5.82. The number of benzene rings is 1. The van der Waals surface area contributed by atoms with E-state index in [0.717, 1.165) is 17.9 Å². The molecule has 0 radical (unpaired) electrons. The third-order valence-corrected chi connectivity index (χ3v) is 8.08. The molecule has 1 aliphatic heterocycles. The molecule has 0 saturated heterocycles. The molecule has 1 aromatic carbocycles. The average molecular weight is 447 g/mol. The van der Waals surface area contributed by atoms with Gasteiger partial charge in [-0.15, -0.1) is 0 Å². The Labute approximate surface area is 190 Å². The van der Waals surface area contributed by atoms with Gasteiger partial charge in [-0.2, -0.15) is 0 Å². The van der Waals surface area contributed by atoms with E-state index in [9.17, 15) is 9.90 Å². The van der Waals surface area contributed by atoms with Gasteiger partial charge in [-0.25, -0.2) is 0 Å². The molecular formula is C24H38N4O2S. The molecule has 3 fully saturated rings. The lowest BCUT2D eigenvalue weighted by molar-refractivity contribution is -0.109. The zero-order valence-corrected chi connectivity index (χ0v) is 19.4. The summed E-state index contributed by atoms with van der Waals surface area (Å²) in [5, 5.41) is 22.2. The predicted octanol–water partition coefficient (Wildman–Crippen LogP) is 3.43. The Morgan fingerprint density at radius 2 is 2.00 bits per heavy atom. The van der Waals surface area contributed by atoms with E-state index in [2.05, 4.69) is 41.8 Å². The van der Waals surface area contributed by atoms with Crippen LogP contribution in [-0.2, 0) is 4.79 Å².